The van der Waals surface area contributed by atoms with Crippen molar-refractivity contribution in [3.05, 3.63) is 41.8 Å². The standard InChI is InChI=1S/C17H17F3N2O4/c1-2-8-22(9-7-14(23)24)16(25)13-10-26-15(21-13)11-3-5-12(6-4-11)17(18,19)20/h3-6,10H,2,7-9H2,1H3,(H,23,24). The van der Waals surface area contributed by atoms with E-state index in [9.17, 15) is 22.8 Å². The van der Waals surface area contributed by atoms with E-state index in [2.05, 4.69) is 4.98 Å². The highest BCUT2D eigenvalue weighted by Crippen LogP contribution is 2.30. The van der Waals surface area contributed by atoms with E-state index in [-0.39, 0.29) is 24.6 Å². The second-order valence-corrected chi connectivity index (χ2v) is 5.55. The number of aliphatic carboxylic acids is 1. The zero-order valence-electron chi connectivity index (χ0n) is 13.9. The molecular formula is C17H17F3N2O4. The van der Waals surface area contributed by atoms with Crippen LogP contribution in [0.25, 0.3) is 11.5 Å². The molecule has 0 aliphatic carbocycles. The molecule has 1 heterocycles. The number of alkyl halides is 3. The van der Waals surface area contributed by atoms with Crippen LogP contribution in [0.4, 0.5) is 13.2 Å². The molecule has 0 fully saturated rings. The van der Waals surface area contributed by atoms with Crippen molar-refractivity contribution in [3.8, 4) is 11.5 Å². The summed E-state index contributed by atoms with van der Waals surface area (Å²) < 4.78 is 43.0. The molecule has 9 heteroatoms. The van der Waals surface area contributed by atoms with Crippen molar-refractivity contribution >= 4 is 11.9 Å². The van der Waals surface area contributed by atoms with Gasteiger partial charge in [-0.3, -0.25) is 9.59 Å². The van der Waals surface area contributed by atoms with Crippen LogP contribution in [-0.4, -0.2) is 40.0 Å². The third-order valence-corrected chi connectivity index (χ3v) is 3.56. The maximum atomic E-state index is 12.6. The molecule has 1 N–H and O–H groups in total. The number of hydrogen-bond donors (Lipinski definition) is 1. The molecule has 2 rings (SSSR count). The van der Waals surface area contributed by atoms with E-state index in [1.165, 1.54) is 17.0 Å². The Kier molecular flexibility index (Phi) is 6.01. The van der Waals surface area contributed by atoms with E-state index in [1.54, 1.807) is 0 Å². The van der Waals surface area contributed by atoms with E-state index in [0.717, 1.165) is 18.4 Å². The van der Waals surface area contributed by atoms with Crippen LogP contribution in [-0.2, 0) is 11.0 Å². The predicted octanol–water partition coefficient (Wildman–Crippen LogP) is 3.69. The Morgan fingerprint density at radius 3 is 2.38 bits per heavy atom. The lowest BCUT2D eigenvalue weighted by Gasteiger charge is -2.19. The monoisotopic (exact) mass is 370 g/mol. The third-order valence-electron chi connectivity index (χ3n) is 3.56. The largest absolute Gasteiger partial charge is 0.481 e. The second kappa shape index (κ2) is 8.03. The molecule has 0 atom stereocenters. The molecule has 0 radical (unpaired) electrons. The summed E-state index contributed by atoms with van der Waals surface area (Å²) in [5.41, 5.74) is -0.532. The average molecular weight is 370 g/mol. The van der Waals surface area contributed by atoms with Crippen molar-refractivity contribution in [3.63, 3.8) is 0 Å². The molecule has 2 aromatic rings. The fraction of sp³-hybridized carbons (Fsp3) is 0.353. The summed E-state index contributed by atoms with van der Waals surface area (Å²) in [7, 11) is 0. The van der Waals surface area contributed by atoms with Gasteiger partial charge in [0, 0.05) is 18.7 Å². The lowest BCUT2D eigenvalue weighted by atomic mass is 10.1. The average Bonchev–Trinajstić information content (AvgIpc) is 3.07. The summed E-state index contributed by atoms with van der Waals surface area (Å²) in [4.78, 5) is 28.5. The van der Waals surface area contributed by atoms with Gasteiger partial charge in [-0.15, -0.1) is 0 Å². The smallest absolute Gasteiger partial charge is 0.416 e. The van der Waals surface area contributed by atoms with E-state index in [1.807, 2.05) is 6.92 Å². The number of nitrogens with zero attached hydrogens (tertiary/aromatic N) is 2. The Labute approximate surface area is 147 Å². The number of halogens is 3. The number of amides is 1. The number of carbonyl (C=O) groups excluding carboxylic acids is 1. The Bertz CT molecular complexity index is 769. The van der Waals surface area contributed by atoms with Gasteiger partial charge in [-0.1, -0.05) is 6.92 Å². The van der Waals surface area contributed by atoms with Gasteiger partial charge in [-0.05, 0) is 30.7 Å². The van der Waals surface area contributed by atoms with Crippen LogP contribution in [0.1, 0.15) is 35.8 Å². The molecule has 1 aromatic carbocycles. The minimum atomic E-state index is -4.44. The van der Waals surface area contributed by atoms with Crippen molar-refractivity contribution in [2.45, 2.75) is 25.9 Å². The molecular weight excluding hydrogens is 353 g/mol. The number of carboxylic acids is 1. The highest BCUT2D eigenvalue weighted by molar-refractivity contribution is 5.92. The quantitative estimate of drug-likeness (QED) is 0.804. The summed E-state index contributed by atoms with van der Waals surface area (Å²) in [5.74, 6) is -1.50. The molecule has 0 saturated heterocycles. The third kappa shape index (κ3) is 4.84. The Balaban J connectivity index is 2.17. The molecule has 0 bridgehead atoms. The first kappa shape index (κ1) is 19.5. The minimum Gasteiger partial charge on any atom is -0.481 e. The first-order valence-corrected chi connectivity index (χ1v) is 7.86. The highest BCUT2D eigenvalue weighted by atomic mass is 19.4. The minimum absolute atomic E-state index is 0.0109. The summed E-state index contributed by atoms with van der Waals surface area (Å²) in [6.07, 6.45) is -2.90. The Hall–Kier alpha value is -2.84. The van der Waals surface area contributed by atoms with Gasteiger partial charge in [0.2, 0.25) is 5.89 Å². The van der Waals surface area contributed by atoms with Crippen LogP contribution in [0.15, 0.2) is 34.9 Å². The summed E-state index contributed by atoms with van der Waals surface area (Å²) >= 11 is 0. The van der Waals surface area contributed by atoms with Crippen molar-refractivity contribution < 1.29 is 32.3 Å². The molecule has 0 saturated carbocycles. The van der Waals surface area contributed by atoms with Gasteiger partial charge < -0.3 is 14.4 Å². The second-order valence-electron chi connectivity index (χ2n) is 5.55. The maximum Gasteiger partial charge on any atom is 0.416 e. The van der Waals surface area contributed by atoms with Crippen molar-refractivity contribution in [1.82, 2.24) is 9.88 Å². The Morgan fingerprint density at radius 1 is 1.19 bits per heavy atom. The zero-order chi connectivity index (χ0) is 19.3. The van der Waals surface area contributed by atoms with E-state index in [0.29, 0.717) is 18.5 Å². The number of carbonyl (C=O) groups is 2. The van der Waals surface area contributed by atoms with Gasteiger partial charge in [-0.2, -0.15) is 13.2 Å². The van der Waals surface area contributed by atoms with E-state index in [4.69, 9.17) is 9.52 Å². The van der Waals surface area contributed by atoms with Gasteiger partial charge in [-0.25, -0.2) is 4.98 Å². The summed E-state index contributed by atoms with van der Waals surface area (Å²) in [6.45, 7) is 2.23. The van der Waals surface area contributed by atoms with Gasteiger partial charge in [0.05, 0.1) is 12.0 Å². The highest BCUT2D eigenvalue weighted by Gasteiger charge is 2.30. The van der Waals surface area contributed by atoms with Gasteiger partial charge in [0.15, 0.2) is 5.69 Å². The van der Waals surface area contributed by atoms with Crippen LogP contribution in [0.5, 0.6) is 0 Å². The molecule has 140 valence electrons. The van der Waals surface area contributed by atoms with E-state index < -0.39 is 23.6 Å². The molecule has 0 spiro atoms. The van der Waals surface area contributed by atoms with Crippen LogP contribution < -0.4 is 0 Å². The predicted molar refractivity (Wildman–Crippen MR) is 85.4 cm³/mol. The zero-order valence-corrected chi connectivity index (χ0v) is 13.9. The normalized spacial score (nSPS) is 11.4. The number of carboxylic acid groups (broad SMARTS) is 1. The first-order chi connectivity index (χ1) is 12.2. The topological polar surface area (TPSA) is 83.6 Å². The van der Waals surface area contributed by atoms with Gasteiger partial charge in [0.1, 0.15) is 6.26 Å². The first-order valence-electron chi connectivity index (χ1n) is 7.86. The lowest BCUT2D eigenvalue weighted by Crippen LogP contribution is -2.34. The number of hydrogen-bond acceptors (Lipinski definition) is 4. The van der Waals surface area contributed by atoms with Crippen LogP contribution in [0.2, 0.25) is 0 Å². The number of aromatic nitrogens is 1. The van der Waals surface area contributed by atoms with Crippen molar-refractivity contribution in [2.75, 3.05) is 13.1 Å². The molecule has 0 aliphatic rings. The van der Waals surface area contributed by atoms with Gasteiger partial charge in [0.25, 0.3) is 5.91 Å². The van der Waals surface area contributed by atoms with Crippen molar-refractivity contribution in [1.29, 1.82) is 0 Å². The number of oxazole rings is 1. The summed E-state index contributed by atoms with van der Waals surface area (Å²) in [5, 5.41) is 8.76. The number of benzene rings is 1. The van der Waals surface area contributed by atoms with Crippen molar-refractivity contribution in [2.24, 2.45) is 0 Å². The lowest BCUT2D eigenvalue weighted by molar-refractivity contribution is -0.138. The molecule has 6 nitrogen and oxygen atoms in total. The van der Waals surface area contributed by atoms with Crippen LogP contribution >= 0.6 is 0 Å². The molecule has 0 unspecified atom stereocenters. The Morgan fingerprint density at radius 2 is 1.85 bits per heavy atom. The molecule has 26 heavy (non-hydrogen) atoms. The van der Waals surface area contributed by atoms with E-state index >= 15 is 0 Å². The number of rotatable bonds is 7. The van der Waals surface area contributed by atoms with Gasteiger partial charge >= 0.3 is 12.1 Å². The summed E-state index contributed by atoms with van der Waals surface area (Å²) in [6, 6.07) is 4.21. The maximum absolute atomic E-state index is 12.6. The molecule has 1 aromatic heterocycles. The molecule has 0 aliphatic heterocycles. The molecule has 1 amide bonds. The van der Waals surface area contributed by atoms with Crippen LogP contribution in [0, 0.1) is 0 Å². The SMILES string of the molecule is CCCN(CCC(=O)O)C(=O)c1coc(-c2ccc(C(F)(F)F)cc2)n1. The van der Waals surface area contributed by atoms with Crippen LogP contribution in [0.3, 0.4) is 0 Å². The fourth-order valence-electron chi connectivity index (χ4n) is 2.28. The fourth-order valence-corrected chi connectivity index (χ4v) is 2.28.